The van der Waals surface area contributed by atoms with Crippen LogP contribution in [0, 0.1) is 0 Å². The van der Waals surface area contributed by atoms with Crippen LogP contribution in [0.2, 0.25) is 10.3 Å². The molecule has 0 fully saturated rings. The third-order valence-electron chi connectivity index (χ3n) is 2.37. The van der Waals surface area contributed by atoms with Gasteiger partial charge in [0.2, 0.25) is 0 Å². The van der Waals surface area contributed by atoms with Crippen LogP contribution in [0.3, 0.4) is 0 Å². The normalized spacial score (nSPS) is 10.8. The molecule has 0 saturated heterocycles. The molecular weight excluding hydrogens is 275 g/mol. The molecule has 0 bridgehead atoms. The molecule has 1 heterocycles. The van der Waals surface area contributed by atoms with E-state index in [1.54, 1.807) is 11.8 Å². The molecule has 0 radical (unpaired) electrons. The van der Waals surface area contributed by atoms with Crippen molar-refractivity contribution in [3.8, 4) is 0 Å². The van der Waals surface area contributed by atoms with Gasteiger partial charge in [0, 0.05) is 5.75 Å². The van der Waals surface area contributed by atoms with Gasteiger partial charge < -0.3 is 4.98 Å². The van der Waals surface area contributed by atoms with Crippen LogP contribution >= 0.6 is 35.0 Å². The molecule has 0 aliphatic heterocycles. The zero-order valence-electron chi connectivity index (χ0n) is 9.34. The first kappa shape index (κ1) is 12.8. The molecule has 90 valence electrons. The largest absolute Gasteiger partial charge is 0.323 e. The predicted molar refractivity (Wildman–Crippen MR) is 74.0 cm³/mol. The minimum absolute atomic E-state index is 0.330. The lowest BCUT2D eigenvalue weighted by atomic mass is 10.1. The van der Waals surface area contributed by atoms with E-state index in [1.807, 2.05) is 0 Å². The highest BCUT2D eigenvalue weighted by atomic mass is 35.5. The van der Waals surface area contributed by atoms with Crippen molar-refractivity contribution in [2.45, 2.75) is 24.3 Å². The van der Waals surface area contributed by atoms with Gasteiger partial charge in [0.25, 0.3) is 0 Å². The Balaban J connectivity index is 2.01. The van der Waals surface area contributed by atoms with Crippen LogP contribution in [0.15, 0.2) is 29.4 Å². The van der Waals surface area contributed by atoms with Crippen LogP contribution < -0.4 is 0 Å². The van der Waals surface area contributed by atoms with E-state index in [2.05, 4.69) is 41.2 Å². The molecule has 2 aromatic rings. The maximum Gasteiger partial charge on any atom is 0.168 e. The van der Waals surface area contributed by atoms with Crippen molar-refractivity contribution in [2.75, 3.05) is 0 Å². The summed E-state index contributed by atoms with van der Waals surface area (Å²) < 4.78 is 0. The number of hydrogen-bond donors (Lipinski definition) is 1. The Morgan fingerprint density at radius 3 is 2.71 bits per heavy atom. The van der Waals surface area contributed by atoms with Crippen LogP contribution in [-0.4, -0.2) is 9.97 Å². The summed E-state index contributed by atoms with van der Waals surface area (Å²) in [6.07, 6.45) is 1.05. The smallest absolute Gasteiger partial charge is 0.168 e. The number of nitrogens with one attached hydrogen (secondary N) is 1. The number of halogens is 2. The predicted octanol–water partition coefficient (Wildman–Crippen LogP) is 4.57. The number of nitrogens with zero attached hydrogens (tertiary/aromatic N) is 1. The van der Waals surface area contributed by atoms with Crippen LogP contribution in [0.4, 0.5) is 0 Å². The molecule has 17 heavy (non-hydrogen) atoms. The number of aromatic amines is 1. The third kappa shape index (κ3) is 3.41. The quantitative estimate of drug-likeness (QED) is 0.834. The Morgan fingerprint density at radius 2 is 2.06 bits per heavy atom. The number of benzene rings is 1. The molecule has 0 atom stereocenters. The van der Waals surface area contributed by atoms with Gasteiger partial charge in [0.15, 0.2) is 10.3 Å². The van der Waals surface area contributed by atoms with Gasteiger partial charge >= 0.3 is 0 Å². The summed E-state index contributed by atoms with van der Waals surface area (Å²) in [6.45, 7) is 2.15. The molecule has 2 rings (SSSR count). The zero-order valence-corrected chi connectivity index (χ0v) is 11.7. The third-order valence-corrected chi connectivity index (χ3v) is 3.96. The second-order valence-electron chi connectivity index (χ2n) is 3.61. The highest BCUT2D eigenvalue weighted by Gasteiger charge is 2.06. The minimum Gasteiger partial charge on any atom is -0.323 e. The van der Waals surface area contributed by atoms with Gasteiger partial charge in [0.05, 0.1) is 0 Å². The van der Waals surface area contributed by atoms with Gasteiger partial charge in [-0.3, -0.25) is 0 Å². The maximum absolute atomic E-state index is 5.80. The van der Waals surface area contributed by atoms with E-state index in [0.717, 1.165) is 17.3 Å². The average Bonchev–Trinajstić information content (AvgIpc) is 2.67. The number of rotatable bonds is 4. The summed E-state index contributed by atoms with van der Waals surface area (Å²) in [4.78, 5) is 7.04. The van der Waals surface area contributed by atoms with Crippen molar-refractivity contribution >= 4 is 35.0 Å². The molecule has 1 N–H and O–H groups in total. The average molecular weight is 287 g/mol. The fourth-order valence-corrected chi connectivity index (χ4v) is 2.65. The molecule has 0 aliphatic rings. The lowest BCUT2D eigenvalue weighted by Gasteiger charge is -2.02. The van der Waals surface area contributed by atoms with E-state index in [4.69, 9.17) is 23.2 Å². The Labute approximate surface area is 115 Å². The second kappa shape index (κ2) is 5.80. The topological polar surface area (TPSA) is 28.7 Å². The van der Waals surface area contributed by atoms with E-state index in [9.17, 15) is 0 Å². The molecule has 2 nitrogen and oxygen atoms in total. The first-order chi connectivity index (χ1) is 8.19. The van der Waals surface area contributed by atoms with Crippen molar-refractivity contribution in [3.63, 3.8) is 0 Å². The number of aryl methyl sites for hydroxylation is 1. The summed E-state index contributed by atoms with van der Waals surface area (Å²) in [5.74, 6) is 0.855. The molecule has 5 heteroatoms. The highest BCUT2D eigenvalue weighted by molar-refractivity contribution is 7.98. The fourth-order valence-electron chi connectivity index (χ4n) is 1.47. The molecule has 0 amide bonds. The zero-order chi connectivity index (χ0) is 12.3. The first-order valence-corrected chi connectivity index (χ1v) is 7.05. The SMILES string of the molecule is CCc1cccc(CSc2nc(Cl)c(Cl)[nH]2)c1. The highest BCUT2D eigenvalue weighted by Crippen LogP contribution is 2.26. The molecular formula is C12H12Cl2N2S. The van der Waals surface area contributed by atoms with E-state index in [-0.39, 0.29) is 0 Å². The van der Waals surface area contributed by atoms with Gasteiger partial charge in [0.1, 0.15) is 5.15 Å². The van der Waals surface area contributed by atoms with Gasteiger partial charge in [-0.05, 0) is 17.5 Å². The summed E-state index contributed by atoms with van der Waals surface area (Å²) >= 11 is 13.2. The molecule has 0 saturated carbocycles. The van der Waals surface area contributed by atoms with Crippen LogP contribution in [-0.2, 0) is 12.2 Å². The van der Waals surface area contributed by atoms with Gasteiger partial charge in [-0.25, -0.2) is 4.98 Å². The summed E-state index contributed by atoms with van der Waals surface area (Å²) in [5.41, 5.74) is 2.62. The van der Waals surface area contributed by atoms with Gasteiger partial charge in [-0.1, -0.05) is 66.2 Å². The fraction of sp³-hybridized carbons (Fsp3) is 0.250. The van der Waals surface area contributed by atoms with Crippen molar-refractivity contribution in [1.82, 2.24) is 9.97 Å². The van der Waals surface area contributed by atoms with Crippen LogP contribution in [0.1, 0.15) is 18.1 Å². The van der Waals surface area contributed by atoms with Crippen LogP contribution in [0.25, 0.3) is 0 Å². The summed E-state index contributed by atoms with van der Waals surface area (Å²) in [6, 6.07) is 8.53. The number of H-pyrrole nitrogens is 1. The van der Waals surface area contributed by atoms with E-state index < -0.39 is 0 Å². The summed E-state index contributed by atoms with van der Waals surface area (Å²) in [7, 11) is 0. The lowest BCUT2D eigenvalue weighted by Crippen LogP contribution is -1.85. The molecule has 0 unspecified atom stereocenters. The van der Waals surface area contributed by atoms with E-state index in [0.29, 0.717) is 10.3 Å². The van der Waals surface area contributed by atoms with E-state index >= 15 is 0 Å². The summed E-state index contributed by atoms with van der Waals surface area (Å²) in [5, 5.41) is 1.48. The van der Waals surface area contributed by atoms with Crippen molar-refractivity contribution in [3.05, 3.63) is 45.7 Å². The standard InChI is InChI=1S/C12H12Cl2N2S/c1-2-8-4-3-5-9(6-8)7-17-12-15-10(13)11(14)16-12/h3-6H,2,7H2,1H3,(H,15,16). The Kier molecular flexibility index (Phi) is 4.37. The monoisotopic (exact) mass is 286 g/mol. The number of thioether (sulfide) groups is 1. The minimum atomic E-state index is 0.330. The molecule has 0 spiro atoms. The molecule has 0 aliphatic carbocycles. The molecule has 1 aromatic heterocycles. The molecule has 1 aromatic carbocycles. The first-order valence-electron chi connectivity index (χ1n) is 5.30. The number of imidazole rings is 1. The Bertz CT molecular complexity index is 491. The second-order valence-corrected chi connectivity index (χ2v) is 5.31. The number of aromatic nitrogens is 2. The van der Waals surface area contributed by atoms with Crippen molar-refractivity contribution in [1.29, 1.82) is 0 Å². The Hall–Kier alpha value is -0.640. The van der Waals surface area contributed by atoms with Gasteiger partial charge in [-0.2, -0.15) is 0 Å². The van der Waals surface area contributed by atoms with E-state index in [1.165, 1.54) is 11.1 Å². The lowest BCUT2D eigenvalue weighted by molar-refractivity contribution is 1.06. The van der Waals surface area contributed by atoms with Crippen molar-refractivity contribution < 1.29 is 0 Å². The number of hydrogen-bond acceptors (Lipinski definition) is 2. The van der Waals surface area contributed by atoms with Crippen molar-refractivity contribution in [2.24, 2.45) is 0 Å². The Morgan fingerprint density at radius 1 is 1.29 bits per heavy atom. The van der Waals surface area contributed by atoms with Gasteiger partial charge in [-0.15, -0.1) is 0 Å². The van der Waals surface area contributed by atoms with Crippen LogP contribution in [0.5, 0.6) is 0 Å². The maximum atomic E-state index is 5.80.